The number of hydrogen-bond acceptors (Lipinski definition) is 2. The van der Waals surface area contributed by atoms with E-state index < -0.39 is 0 Å². The number of rotatable bonds is 6. The van der Waals surface area contributed by atoms with E-state index in [0.29, 0.717) is 12.1 Å². The summed E-state index contributed by atoms with van der Waals surface area (Å²) in [6.45, 7) is 16.3. The Bertz CT molecular complexity index is 217. The van der Waals surface area contributed by atoms with E-state index >= 15 is 0 Å². The minimum Gasteiger partial charge on any atom is -0.312 e. The maximum atomic E-state index is 3.79. The van der Waals surface area contributed by atoms with Crippen LogP contribution in [0.15, 0.2) is 0 Å². The molecule has 1 fully saturated rings. The van der Waals surface area contributed by atoms with Crippen molar-refractivity contribution in [1.29, 1.82) is 0 Å². The third-order valence-electron chi connectivity index (χ3n) is 4.53. The molecule has 1 N–H and O–H groups in total. The summed E-state index contributed by atoms with van der Waals surface area (Å²) in [6.07, 6.45) is 4.17. The van der Waals surface area contributed by atoms with Gasteiger partial charge in [0.15, 0.2) is 0 Å². The largest absolute Gasteiger partial charge is 0.312 e. The molecule has 1 aliphatic carbocycles. The number of nitrogens with zero attached hydrogens (tertiary/aromatic N) is 1. The maximum absolute atomic E-state index is 3.79. The molecule has 18 heavy (non-hydrogen) atoms. The quantitative estimate of drug-likeness (QED) is 0.780. The second kappa shape index (κ2) is 7.49. The van der Waals surface area contributed by atoms with Crippen LogP contribution in [-0.2, 0) is 0 Å². The average molecular weight is 254 g/mol. The first kappa shape index (κ1) is 16.0. The molecule has 1 rings (SSSR count). The zero-order chi connectivity index (χ0) is 13.7. The molecule has 0 bridgehead atoms. The Morgan fingerprint density at radius 1 is 1.06 bits per heavy atom. The Hall–Kier alpha value is -0.0800. The molecule has 0 spiro atoms. The van der Waals surface area contributed by atoms with Gasteiger partial charge in [-0.2, -0.15) is 0 Å². The van der Waals surface area contributed by atoms with Crippen molar-refractivity contribution in [3.8, 4) is 0 Å². The molecule has 2 heteroatoms. The van der Waals surface area contributed by atoms with Crippen LogP contribution in [0, 0.1) is 11.8 Å². The summed E-state index contributed by atoms with van der Waals surface area (Å²) in [6, 6.07) is 2.05. The van der Waals surface area contributed by atoms with Gasteiger partial charge in [0.05, 0.1) is 0 Å². The van der Waals surface area contributed by atoms with Gasteiger partial charge in [-0.25, -0.2) is 0 Å². The van der Waals surface area contributed by atoms with Crippen molar-refractivity contribution in [2.24, 2.45) is 11.8 Å². The molecule has 0 aromatic rings. The van der Waals surface area contributed by atoms with Gasteiger partial charge in [0.1, 0.15) is 0 Å². The van der Waals surface area contributed by atoms with E-state index in [9.17, 15) is 0 Å². The fourth-order valence-electron chi connectivity index (χ4n) is 3.46. The molecule has 1 aliphatic rings. The second-order valence-electron chi connectivity index (χ2n) is 6.88. The predicted molar refractivity (Wildman–Crippen MR) is 80.9 cm³/mol. The van der Waals surface area contributed by atoms with Gasteiger partial charge in [0, 0.05) is 31.2 Å². The standard InChI is InChI=1S/C16H34N2/c1-12(2)18(13(3)4)10-9-17-16-8-7-14(5)11-15(16)6/h12-17H,7-11H2,1-6H3. The fraction of sp³-hybridized carbons (Fsp3) is 1.00. The van der Waals surface area contributed by atoms with Crippen LogP contribution in [0.2, 0.25) is 0 Å². The lowest BCUT2D eigenvalue weighted by molar-refractivity contribution is 0.163. The summed E-state index contributed by atoms with van der Waals surface area (Å²) >= 11 is 0. The molecule has 0 aliphatic heterocycles. The normalized spacial score (nSPS) is 29.5. The van der Waals surface area contributed by atoms with Gasteiger partial charge in [0.25, 0.3) is 0 Å². The Kier molecular flexibility index (Phi) is 6.65. The molecule has 1 saturated carbocycles. The van der Waals surface area contributed by atoms with Crippen LogP contribution in [0.25, 0.3) is 0 Å². The van der Waals surface area contributed by atoms with Crippen molar-refractivity contribution >= 4 is 0 Å². The van der Waals surface area contributed by atoms with Crippen molar-refractivity contribution in [3.05, 3.63) is 0 Å². The van der Waals surface area contributed by atoms with Crippen LogP contribution in [-0.4, -0.2) is 36.1 Å². The predicted octanol–water partition coefficient (Wildman–Crippen LogP) is 3.52. The third-order valence-corrected chi connectivity index (χ3v) is 4.53. The highest BCUT2D eigenvalue weighted by atomic mass is 15.2. The van der Waals surface area contributed by atoms with Gasteiger partial charge in [-0.1, -0.05) is 13.8 Å². The van der Waals surface area contributed by atoms with Crippen molar-refractivity contribution in [1.82, 2.24) is 10.2 Å². The summed E-state index contributed by atoms with van der Waals surface area (Å²) in [4.78, 5) is 2.57. The first-order valence-electron chi connectivity index (χ1n) is 7.91. The fourth-order valence-corrected chi connectivity index (χ4v) is 3.46. The molecule has 0 heterocycles. The van der Waals surface area contributed by atoms with E-state index in [1.807, 2.05) is 0 Å². The highest BCUT2D eigenvalue weighted by molar-refractivity contribution is 4.81. The van der Waals surface area contributed by atoms with Crippen LogP contribution in [0.5, 0.6) is 0 Å². The Balaban J connectivity index is 2.28. The first-order chi connectivity index (χ1) is 8.41. The Morgan fingerprint density at radius 3 is 2.17 bits per heavy atom. The highest BCUT2D eigenvalue weighted by Crippen LogP contribution is 2.28. The third kappa shape index (κ3) is 4.89. The van der Waals surface area contributed by atoms with Gasteiger partial charge in [-0.15, -0.1) is 0 Å². The molecule has 3 atom stereocenters. The second-order valence-corrected chi connectivity index (χ2v) is 6.88. The lowest BCUT2D eigenvalue weighted by atomic mass is 9.80. The molecule has 108 valence electrons. The zero-order valence-electron chi connectivity index (χ0n) is 13.4. The lowest BCUT2D eigenvalue weighted by Crippen LogP contribution is -2.45. The van der Waals surface area contributed by atoms with Gasteiger partial charge in [0.2, 0.25) is 0 Å². The molecule has 0 aromatic heterocycles. The average Bonchev–Trinajstić information content (AvgIpc) is 2.25. The van der Waals surface area contributed by atoms with E-state index in [4.69, 9.17) is 0 Å². The van der Waals surface area contributed by atoms with Gasteiger partial charge < -0.3 is 5.32 Å². The van der Waals surface area contributed by atoms with E-state index in [0.717, 1.165) is 24.4 Å². The lowest BCUT2D eigenvalue weighted by Gasteiger charge is -2.35. The summed E-state index contributed by atoms with van der Waals surface area (Å²) in [5.74, 6) is 1.78. The van der Waals surface area contributed by atoms with Crippen LogP contribution < -0.4 is 5.32 Å². The summed E-state index contributed by atoms with van der Waals surface area (Å²) in [5, 5.41) is 3.79. The summed E-state index contributed by atoms with van der Waals surface area (Å²) < 4.78 is 0. The molecule has 0 aromatic carbocycles. The van der Waals surface area contributed by atoms with Crippen molar-refractivity contribution in [2.45, 2.75) is 78.9 Å². The molecule has 3 unspecified atom stereocenters. The Morgan fingerprint density at radius 2 is 1.67 bits per heavy atom. The van der Waals surface area contributed by atoms with E-state index in [1.54, 1.807) is 0 Å². The molecule has 0 amide bonds. The van der Waals surface area contributed by atoms with Gasteiger partial charge in [-0.05, 0) is 58.8 Å². The van der Waals surface area contributed by atoms with Crippen LogP contribution in [0.1, 0.15) is 60.8 Å². The van der Waals surface area contributed by atoms with Gasteiger partial charge in [-0.3, -0.25) is 4.90 Å². The van der Waals surface area contributed by atoms with Gasteiger partial charge >= 0.3 is 0 Å². The minimum atomic E-state index is 0.649. The maximum Gasteiger partial charge on any atom is 0.0112 e. The molecular weight excluding hydrogens is 220 g/mol. The minimum absolute atomic E-state index is 0.649. The molecule has 2 nitrogen and oxygen atoms in total. The molecular formula is C16H34N2. The number of nitrogens with one attached hydrogen (secondary N) is 1. The van der Waals surface area contributed by atoms with Crippen LogP contribution >= 0.6 is 0 Å². The van der Waals surface area contributed by atoms with Crippen LogP contribution in [0.4, 0.5) is 0 Å². The zero-order valence-corrected chi connectivity index (χ0v) is 13.4. The van der Waals surface area contributed by atoms with E-state index in [2.05, 4.69) is 51.8 Å². The SMILES string of the molecule is CC1CCC(NCCN(C(C)C)C(C)C)C(C)C1. The summed E-state index contributed by atoms with van der Waals surface area (Å²) in [7, 11) is 0. The topological polar surface area (TPSA) is 15.3 Å². The smallest absolute Gasteiger partial charge is 0.0112 e. The van der Waals surface area contributed by atoms with Crippen LogP contribution in [0.3, 0.4) is 0 Å². The summed E-state index contributed by atoms with van der Waals surface area (Å²) in [5.41, 5.74) is 0. The van der Waals surface area contributed by atoms with Crippen molar-refractivity contribution in [2.75, 3.05) is 13.1 Å². The Labute approximate surface area is 115 Å². The number of hydrogen-bond donors (Lipinski definition) is 1. The molecule has 0 radical (unpaired) electrons. The van der Waals surface area contributed by atoms with E-state index in [1.165, 1.54) is 25.8 Å². The highest BCUT2D eigenvalue weighted by Gasteiger charge is 2.24. The van der Waals surface area contributed by atoms with Crippen molar-refractivity contribution in [3.63, 3.8) is 0 Å². The monoisotopic (exact) mass is 254 g/mol. The van der Waals surface area contributed by atoms with E-state index in [-0.39, 0.29) is 0 Å². The molecule has 0 saturated heterocycles. The first-order valence-corrected chi connectivity index (χ1v) is 7.91. The van der Waals surface area contributed by atoms with Crippen molar-refractivity contribution < 1.29 is 0 Å².